The molecule has 6 nitrogen and oxygen atoms in total. The lowest BCUT2D eigenvalue weighted by Crippen LogP contribution is -2.28. The fourth-order valence-corrected chi connectivity index (χ4v) is 2.22. The molecular weight excluding hydrogens is 274 g/mol. The van der Waals surface area contributed by atoms with Crippen LogP contribution in [0.3, 0.4) is 0 Å². The van der Waals surface area contributed by atoms with Gasteiger partial charge in [-0.3, -0.25) is 9.69 Å². The maximum absolute atomic E-state index is 11.3. The third-order valence-corrected chi connectivity index (χ3v) is 3.25. The molecule has 1 fully saturated rings. The van der Waals surface area contributed by atoms with Crippen molar-refractivity contribution in [3.05, 3.63) is 29.8 Å². The number of hydrogen-bond donors (Lipinski definition) is 0. The second-order valence-electron chi connectivity index (χ2n) is 4.89. The number of likely N-dealkylation sites (tertiary alicyclic amines) is 1. The molecule has 0 amide bonds. The highest BCUT2D eigenvalue weighted by molar-refractivity contribution is 5.89. The van der Waals surface area contributed by atoms with Crippen LogP contribution in [0.15, 0.2) is 24.3 Å². The molecule has 0 saturated carbocycles. The van der Waals surface area contributed by atoms with Gasteiger partial charge in [-0.05, 0) is 30.7 Å². The number of rotatable bonds is 5. The lowest BCUT2D eigenvalue weighted by molar-refractivity contribution is -0.145. The predicted molar refractivity (Wildman–Crippen MR) is 75.0 cm³/mol. The molecular formula is C15H19NO5. The summed E-state index contributed by atoms with van der Waals surface area (Å²) in [7, 11) is 1.35. The van der Waals surface area contributed by atoms with E-state index in [4.69, 9.17) is 9.47 Å². The van der Waals surface area contributed by atoms with Gasteiger partial charge in [0.05, 0.1) is 12.7 Å². The van der Waals surface area contributed by atoms with E-state index in [1.165, 1.54) is 14.0 Å². The summed E-state index contributed by atoms with van der Waals surface area (Å²) in [4.78, 5) is 24.3. The Morgan fingerprint density at radius 1 is 1.29 bits per heavy atom. The van der Waals surface area contributed by atoms with Crippen LogP contribution >= 0.6 is 0 Å². The average Bonchev–Trinajstić information content (AvgIpc) is 2.91. The van der Waals surface area contributed by atoms with Crippen molar-refractivity contribution in [2.45, 2.75) is 19.4 Å². The third-order valence-electron chi connectivity index (χ3n) is 3.25. The van der Waals surface area contributed by atoms with Crippen molar-refractivity contribution in [3.63, 3.8) is 0 Å². The predicted octanol–water partition coefficient (Wildman–Crippen LogP) is 1.45. The van der Waals surface area contributed by atoms with E-state index in [9.17, 15) is 9.59 Å². The molecule has 114 valence electrons. The van der Waals surface area contributed by atoms with Gasteiger partial charge >= 0.3 is 11.9 Å². The molecule has 0 radical (unpaired) electrons. The number of esters is 2. The molecule has 1 aliphatic heterocycles. The molecule has 0 bridgehead atoms. The average molecular weight is 293 g/mol. The highest BCUT2D eigenvalue weighted by Gasteiger charge is 2.24. The van der Waals surface area contributed by atoms with Gasteiger partial charge in [-0.1, -0.05) is 0 Å². The molecule has 0 aliphatic carbocycles. The molecule has 1 aliphatic rings. The van der Waals surface area contributed by atoms with Gasteiger partial charge in [-0.15, -0.1) is 0 Å². The van der Waals surface area contributed by atoms with Gasteiger partial charge in [0.2, 0.25) is 0 Å². The van der Waals surface area contributed by atoms with Crippen molar-refractivity contribution in [1.82, 2.24) is 4.90 Å². The molecule has 21 heavy (non-hydrogen) atoms. The molecule has 1 aromatic rings. The summed E-state index contributed by atoms with van der Waals surface area (Å²) in [5, 5.41) is 0. The topological polar surface area (TPSA) is 65.1 Å². The van der Waals surface area contributed by atoms with Crippen molar-refractivity contribution in [2.75, 3.05) is 26.9 Å². The molecule has 1 saturated heterocycles. The second-order valence-corrected chi connectivity index (χ2v) is 4.89. The summed E-state index contributed by atoms with van der Waals surface area (Å²) in [6.45, 7) is 3.36. The Morgan fingerprint density at radius 3 is 2.62 bits per heavy atom. The van der Waals surface area contributed by atoms with Crippen LogP contribution in [0.2, 0.25) is 0 Å². The van der Waals surface area contributed by atoms with E-state index in [1.54, 1.807) is 24.3 Å². The lowest BCUT2D eigenvalue weighted by Gasteiger charge is -2.16. The quantitative estimate of drug-likeness (QED) is 0.766. The Kier molecular flexibility index (Phi) is 5.16. The maximum Gasteiger partial charge on any atom is 0.337 e. The Balaban J connectivity index is 1.78. The number of ether oxygens (including phenoxy) is 3. The zero-order chi connectivity index (χ0) is 15.2. The minimum absolute atomic E-state index is 0.0483. The fourth-order valence-electron chi connectivity index (χ4n) is 2.22. The van der Waals surface area contributed by atoms with E-state index < -0.39 is 0 Å². The van der Waals surface area contributed by atoms with Gasteiger partial charge in [0, 0.05) is 20.0 Å². The summed E-state index contributed by atoms with van der Waals surface area (Å²) in [5.41, 5.74) is 0.487. The maximum atomic E-state index is 11.3. The summed E-state index contributed by atoms with van der Waals surface area (Å²) in [6.07, 6.45) is 0.775. The summed E-state index contributed by atoms with van der Waals surface area (Å²) in [5.74, 6) is 0.0603. The first-order valence-corrected chi connectivity index (χ1v) is 6.79. The van der Waals surface area contributed by atoms with Crippen molar-refractivity contribution in [3.8, 4) is 5.75 Å². The highest BCUT2D eigenvalue weighted by Crippen LogP contribution is 2.16. The smallest absolute Gasteiger partial charge is 0.337 e. The van der Waals surface area contributed by atoms with Gasteiger partial charge in [-0.2, -0.15) is 0 Å². The van der Waals surface area contributed by atoms with Crippen molar-refractivity contribution >= 4 is 11.9 Å². The van der Waals surface area contributed by atoms with Crippen LogP contribution in [0.25, 0.3) is 0 Å². The van der Waals surface area contributed by atoms with Crippen molar-refractivity contribution < 1.29 is 23.8 Å². The van der Waals surface area contributed by atoms with E-state index in [1.807, 2.05) is 0 Å². The van der Waals surface area contributed by atoms with E-state index in [0.717, 1.165) is 13.0 Å². The number of hydrogen-bond acceptors (Lipinski definition) is 6. The Bertz CT molecular complexity index is 499. The SMILES string of the molecule is COC(=O)c1ccc(OCN2CC[C@H](OC(C)=O)C2)cc1. The van der Waals surface area contributed by atoms with E-state index >= 15 is 0 Å². The number of carbonyl (C=O) groups excluding carboxylic acids is 2. The number of nitrogens with zero attached hydrogens (tertiary/aromatic N) is 1. The molecule has 0 spiro atoms. The lowest BCUT2D eigenvalue weighted by atomic mass is 10.2. The number of carbonyl (C=O) groups is 2. The van der Waals surface area contributed by atoms with E-state index in [-0.39, 0.29) is 18.0 Å². The molecule has 1 aromatic carbocycles. The molecule has 1 heterocycles. The molecule has 0 unspecified atom stereocenters. The molecule has 6 heteroatoms. The molecule has 0 N–H and O–H groups in total. The van der Waals surface area contributed by atoms with Crippen LogP contribution in [0.5, 0.6) is 5.75 Å². The van der Waals surface area contributed by atoms with Gasteiger partial charge in [0.15, 0.2) is 0 Å². The summed E-state index contributed by atoms with van der Waals surface area (Å²) >= 11 is 0. The van der Waals surface area contributed by atoms with Crippen LogP contribution in [-0.4, -0.2) is 49.9 Å². The summed E-state index contributed by atoms with van der Waals surface area (Å²) in [6, 6.07) is 6.78. The first-order chi connectivity index (χ1) is 10.1. The third kappa shape index (κ3) is 4.46. The first-order valence-electron chi connectivity index (χ1n) is 6.79. The zero-order valence-electron chi connectivity index (χ0n) is 12.2. The fraction of sp³-hybridized carbons (Fsp3) is 0.467. The Labute approximate surface area is 123 Å². The largest absolute Gasteiger partial charge is 0.478 e. The normalized spacial score (nSPS) is 18.3. The van der Waals surface area contributed by atoms with Crippen molar-refractivity contribution in [1.29, 1.82) is 0 Å². The second kappa shape index (κ2) is 7.08. The minimum atomic E-state index is -0.370. The van der Waals surface area contributed by atoms with Crippen molar-refractivity contribution in [2.24, 2.45) is 0 Å². The number of benzene rings is 1. The van der Waals surface area contributed by atoms with E-state index in [0.29, 0.717) is 24.6 Å². The van der Waals surface area contributed by atoms with E-state index in [2.05, 4.69) is 9.64 Å². The van der Waals surface area contributed by atoms with Crippen LogP contribution < -0.4 is 4.74 Å². The zero-order valence-corrected chi connectivity index (χ0v) is 12.2. The van der Waals surface area contributed by atoms with Gasteiger partial charge in [-0.25, -0.2) is 4.79 Å². The molecule has 1 atom stereocenters. The minimum Gasteiger partial charge on any atom is -0.478 e. The Hall–Kier alpha value is -2.08. The van der Waals surface area contributed by atoms with Crippen LogP contribution in [0, 0.1) is 0 Å². The Morgan fingerprint density at radius 2 is 2.00 bits per heavy atom. The van der Waals surface area contributed by atoms with Gasteiger partial charge < -0.3 is 14.2 Å². The summed E-state index contributed by atoms with van der Waals surface area (Å²) < 4.78 is 15.4. The first kappa shape index (κ1) is 15.3. The van der Waals surface area contributed by atoms with Gasteiger partial charge in [0.25, 0.3) is 0 Å². The van der Waals surface area contributed by atoms with Crippen LogP contribution in [0.1, 0.15) is 23.7 Å². The molecule has 0 aromatic heterocycles. The van der Waals surface area contributed by atoms with Crippen LogP contribution in [0.4, 0.5) is 0 Å². The van der Waals surface area contributed by atoms with Crippen LogP contribution in [-0.2, 0) is 14.3 Å². The standard InChI is InChI=1S/C15H19NO5/c1-11(17)21-14-7-8-16(9-14)10-20-13-5-3-12(4-6-13)15(18)19-2/h3-6,14H,7-10H2,1-2H3/t14-/m0/s1. The monoisotopic (exact) mass is 293 g/mol. The molecule has 2 rings (SSSR count). The number of methoxy groups -OCH3 is 1. The highest BCUT2D eigenvalue weighted by atomic mass is 16.5. The van der Waals surface area contributed by atoms with Gasteiger partial charge in [0.1, 0.15) is 18.6 Å².